The lowest BCUT2D eigenvalue weighted by Crippen LogP contribution is -2.41. The van der Waals surface area contributed by atoms with Crippen molar-refractivity contribution in [2.45, 2.75) is 58.6 Å². The topological polar surface area (TPSA) is 57.6 Å². The summed E-state index contributed by atoms with van der Waals surface area (Å²) < 4.78 is 0. The number of aliphatic hydroxyl groups is 1. The molecule has 1 aliphatic rings. The molecule has 3 aromatic carbocycles. The van der Waals surface area contributed by atoms with Gasteiger partial charge >= 0.3 is 0 Å². The van der Waals surface area contributed by atoms with E-state index in [1.54, 1.807) is 30.3 Å². The zero-order chi connectivity index (χ0) is 25.7. The fourth-order valence-electron chi connectivity index (χ4n) is 4.78. The highest BCUT2D eigenvalue weighted by atomic mass is 35.5. The van der Waals surface area contributed by atoms with Crippen molar-refractivity contribution in [1.29, 1.82) is 0 Å². The Hall–Kier alpha value is -2.66. The lowest BCUT2D eigenvalue weighted by Gasteiger charge is -2.25. The van der Waals surface area contributed by atoms with Crippen molar-refractivity contribution in [2.75, 3.05) is 4.90 Å². The molecule has 6 heteroatoms. The quantitative estimate of drug-likeness (QED) is 0.380. The second-order valence-electron chi connectivity index (χ2n) is 10.4. The van der Waals surface area contributed by atoms with E-state index in [1.165, 1.54) is 4.90 Å². The molecule has 0 saturated heterocycles. The Morgan fingerprint density at radius 1 is 0.943 bits per heavy atom. The molecule has 0 spiro atoms. The highest BCUT2D eigenvalue weighted by molar-refractivity contribution is 6.31. The van der Waals surface area contributed by atoms with Gasteiger partial charge in [0, 0.05) is 21.2 Å². The number of carbonyl (C=O) groups excluding carboxylic acids is 2. The first-order valence-corrected chi connectivity index (χ1v) is 12.3. The van der Waals surface area contributed by atoms with E-state index in [4.69, 9.17) is 23.2 Å². The van der Waals surface area contributed by atoms with E-state index in [2.05, 4.69) is 20.8 Å². The standard InChI is InChI=1S/C29H29Cl2NO3/c1-17-12-20(28(3,4)5)13-18(2)26(17)25(33)15-29(35)23-14-22(31)10-11-24(23)32(27(29)34)16-19-6-8-21(30)9-7-19/h6-14,35H,15-16H2,1-5H3. The Morgan fingerprint density at radius 3 is 2.09 bits per heavy atom. The zero-order valence-corrected chi connectivity index (χ0v) is 22.1. The van der Waals surface area contributed by atoms with Crippen molar-refractivity contribution in [3.63, 3.8) is 0 Å². The van der Waals surface area contributed by atoms with Crippen molar-refractivity contribution in [1.82, 2.24) is 0 Å². The van der Waals surface area contributed by atoms with Gasteiger partial charge < -0.3 is 10.0 Å². The smallest absolute Gasteiger partial charge is 0.264 e. The van der Waals surface area contributed by atoms with E-state index in [9.17, 15) is 14.7 Å². The van der Waals surface area contributed by atoms with Gasteiger partial charge in [-0.3, -0.25) is 9.59 Å². The number of ketones is 1. The summed E-state index contributed by atoms with van der Waals surface area (Å²) in [6.07, 6.45) is -0.368. The molecule has 1 unspecified atom stereocenters. The minimum Gasteiger partial charge on any atom is -0.375 e. The minimum absolute atomic E-state index is 0.0609. The average molecular weight is 510 g/mol. The summed E-state index contributed by atoms with van der Waals surface area (Å²) in [6, 6.07) is 16.2. The van der Waals surface area contributed by atoms with E-state index in [1.807, 2.05) is 38.1 Å². The number of rotatable bonds is 5. The first kappa shape index (κ1) is 25.4. The lowest BCUT2D eigenvalue weighted by molar-refractivity contribution is -0.136. The second kappa shape index (κ2) is 9.09. The number of amides is 1. The van der Waals surface area contributed by atoms with Gasteiger partial charge in [0.25, 0.3) is 5.91 Å². The van der Waals surface area contributed by atoms with E-state index in [0.29, 0.717) is 26.9 Å². The largest absolute Gasteiger partial charge is 0.375 e. The van der Waals surface area contributed by atoms with Crippen LogP contribution in [-0.2, 0) is 22.4 Å². The molecule has 0 bridgehead atoms. The molecule has 1 N–H and O–H groups in total. The van der Waals surface area contributed by atoms with Crippen LogP contribution in [0.3, 0.4) is 0 Å². The summed E-state index contributed by atoms with van der Waals surface area (Å²) in [6.45, 7) is 10.4. The molecule has 1 aliphatic heterocycles. The van der Waals surface area contributed by atoms with Crippen LogP contribution in [0.2, 0.25) is 10.0 Å². The number of anilines is 1. The molecule has 0 fully saturated rings. The minimum atomic E-state index is -2.01. The molecule has 1 amide bonds. The maximum atomic E-state index is 13.6. The third-order valence-electron chi connectivity index (χ3n) is 6.64. The first-order valence-electron chi connectivity index (χ1n) is 11.5. The van der Waals surface area contributed by atoms with Crippen LogP contribution in [0.1, 0.15) is 65.4 Å². The van der Waals surface area contributed by atoms with E-state index in [-0.39, 0.29) is 24.2 Å². The number of carbonyl (C=O) groups is 2. The SMILES string of the molecule is Cc1cc(C(C)(C)C)cc(C)c1C(=O)CC1(O)C(=O)N(Cc2ccc(Cl)cc2)c2ccc(Cl)cc21. The predicted molar refractivity (Wildman–Crippen MR) is 142 cm³/mol. The molecule has 182 valence electrons. The van der Waals surface area contributed by atoms with Gasteiger partial charge in [0.05, 0.1) is 18.7 Å². The zero-order valence-electron chi connectivity index (χ0n) is 20.6. The number of aryl methyl sites for hydroxylation is 2. The average Bonchev–Trinajstić information content (AvgIpc) is 2.95. The molecule has 1 heterocycles. The van der Waals surface area contributed by atoms with Crippen LogP contribution in [0, 0.1) is 13.8 Å². The molecule has 35 heavy (non-hydrogen) atoms. The summed E-state index contributed by atoms with van der Waals surface area (Å²) in [4.78, 5) is 28.7. The predicted octanol–water partition coefficient (Wildman–Crippen LogP) is 6.92. The third kappa shape index (κ3) is 4.75. The number of halogens is 2. The molecule has 0 saturated carbocycles. The van der Waals surface area contributed by atoms with Crippen LogP contribution in [0.15, 0.2) is 54.6 Å². The van der Waals surface area contributed by atoms with E-state index >= 15 is 0 Å². The van der Waals surface area contributed by atoms with Crippen LogP contribution < -0.4 is 4.90 Å². The molecular formula is C29H29Cl2NO3. The molecule has 3 aromatic rings. The Kier molecular flexibility index (Phi) is 6.60. The summed E-state index contributed by atoms with van der Waals surface area (Å²) >= 11 is 12.3. The van der Waals surface area contributed by atoms with Gasteiger partial charge in [0.2, 0.25) is 0 Å². The van der Waals surface area contributed by atoms with Gasteiger partial charge in [-0.1, -0.05) is 68.2 Å². The Morgan fingerprint density at radius 2 is 1.51 bits per heavy atom. The van der Waals surface area contributed by atoms with Gasteiger partial charge in [-0.2, -0.15) is 0 Å². The fourth-order valence-corrected chi connectivity index (χ4v) is 5.08. The molecule has 1 atom stereocenters. The highest BCUT2D eigenvalue weighted by Gasteiger charge is 2.51. The van der Waals surface area contributed by atoms with Crippen LogP contribution in [0.25, 0.3) is 0 Å². The normalized spacial score (nSPS) is 17.6. The van der Waals surface area contributed by atoms with Crippen molar-refractivity contribution in [2.24, 2.45) is 0 Å². The Bertz CT molecular complexity index is 1300. The van der Waals surface area contributed by atoms with Crippen molar-refractivity contribution in [3.8, 4) is 0 Å². The number of hydrogen-bond donors (Lipinski definition) is 1. The Balaban J connectivity index is 1.72. The summed E-state index contributed by atoms with van der Waals surface area (Å²) in [5.74, 6) is -0.824. The van der Waals surface area contributed by atoms with Crippen LogP contribution in [-0.4, -0.2) is 16.8 Å². The van der Waals surface area contributed by atoms with Gasteiger partial charge in [0.15, 0.2) is 11.4 Å². The number of fused-ring (bicyclic) bond motifs is 1. The third-order valence-corrected chi connectivity index (χ3v) is 7.13. The van der Waals surface area contributed by atoms with Crippen molar-refractivity contribution in [3.05, 3.63) is 98.0 Å². The number of Topliss-reactive ketones (excluding diaryl/α,β-unsaturated/α-hetero) is 1. The van der Waals surface area contributed by atoms with Gasteiger partial charge in [-0.15, -0.1) is 0 Å². The first-order chi connectivity index (χ1) is 16.3. The summed E-state index contributed by atoms with van der Waals surface area (Å²) in [7, 11) is 0. The fraction of sp³-hybridized carbons (Fsp3) is 0.310. The second-order valence-corrected chi connectivity index (χ2v) is 11.2. The number of benzene rings is 3. The van der Waals surface area contributed by atoms with Gasteiger partial charge in [-0.25, -0.2) is 0 Å². The molecular weight excluding hydrogens is 481 g/mol. The number of nitrogens with zero attached hydrogens (tertiary/aromatic N) is 1. The summed E-state index contributed by atoms with van der Waals surface area (Å²) in [5, 5.41) is 12.7. The van der Waals surface area contributed by atoms with Crippen LogP contribution >= 0.6 is 23.2 Å². The van der Waals surface area contributed by atoms with Crippen LogP contribution in [0.4, 0.5) is 5.69 Å². The van der Waals surface area contributed by atoms with Crippen LogP contribution in [0.5, 0.6) is 0 Å². The van der Waals surface area contributed by atoms with Gasteiger partial charge in [-0.05, 0) is 71.8 Å². The van der Waals surface area contributed by atoms with Gasteiger partial charge in [0.1, 0.15) is 0 Å². The van der Waals surface area contributed by atoms with Crippen molar-refractivity contribution >= 4 is 40.6 Å². The highest BCUT2D eigenvalue weighted by Crippen LogP contribution is 2.45. The molecule has 0 aliphatic carbocycles. The molecule has 4 rings (SSSR count). The summed E-state index contributed by atoms with van der Waals surface area (Å²) in [5.41, 5.74) is 3.00. The number of hydrogen-bond acceptors (Lipinski definition) is 3. The molecule has 4 nitrogen and oxygen atoms in total. The van der Waals surface area contributed by atoms with Crippen molar-refractivity contribution < 1.29 is 14.7 Å². The maximum absolute atomic E-state index is 13.6. The molecule has 0 aromatic heterocycles. The lowest BCUT2D eigenvalue weighted by atomic mass is 9.81. The monoisotopic (exact) mass is 509 g/mol. The maximum Gasteiger partial charge on any atom is 0.264 e. The van der Waals surface area contributed by atoms with E-state index in [0.717, 1.165) is 22.3 Å². The van der Waals surface area contributed by atoms with E-state index < -0.39 is 11.5 Å². The molecule has 0 radical (unpaired) electrons. The Labute approximate surface area is 216 Å².